The van der Waals surface area contributed by atoms with E-state index in [1.54, 1.807) is 37.3 Å². The van der Waals surface area contributed by atoms with Gasteiger partial charge in [0.1, 0.15) is 34.9 Å². The van der Waals surface area contributed by atoms with Gasteiger partial charge in [0.15, 0.2) is 0 Å². The minimum absolute atomic E-state index is 0.612. The predicted octanol–water partition coefficient (Wildman–Crippen LogP) is 4.56. The summed E-state index contributed by atoms with van der Waals surface area (Å²) in [5, 5.41) is 6.59. The predicted molar refractivity (Wildman–Crippen MR) is 118 cm³/mol. The average molecular weight is 414 g/mol. The number of hydrogen-bond acceptors (Lipinski definition) is 7. The zero-order chi connectivity index (χ0) is 20.3. The van der Waals surface area contributed by atoms with Crippen molar-refractivity contribution in [2.45, 2.75) is 6.54 Å². The topological polar surface area (TPSA) is 77.8 Å². The van der Waals surface area contributed by atoms with Crippen LogP contribution < -0.4 is 10.1 Å². The van der Waals surface area contributed by atoms with Gasteiger partial charge in [0.25, 0.3) is 0 Å². The van der Waals surface area contributed by atoms with Crippen molar-refractivity contribution >= 4 is 27.4 Å². The van der Waals surface area contributed by atoms with E-state index < -0.39 is 0 Å². The number of nitrogens with zero attached hydrogens (tertiary/aromatic N) is 5. The average Bonchev–Trinajstić information content (AvgIpc) is 3.49. The largest absolute Gasteiger partial charge is 0.497 e. The van der Waals surface area contributed by atoms with Gasteiger partial charge >= 0.3 is 0 Å². The number of anilines is 1. The normalized spacial score (nSPS) is 11.0. The highest BCUT2D eigenvalue weighted by atomic mass is 32.1. The van der Waals surface area contributed by atoms with Crippen molar-refractivity contribution in [1.82, 2.24) is 24.5 Å². The fourth-order valence-electron chi connectivity index (χ4n) is 3.25. The van der Waals surface area contributed by atoms with Crippen LogP contribution in [0.25, 0.3) is 27.2 Å². The van der Waals surface area contributed by atoms with E-state index in [0.717, 1.165) is 44.3 Å². The molecular weight excluding hydrogens is 396 g/mol. The molecule has 5 aromatic rings. The van der Waals surface area contributed by atoms with E-state index in [9.17, 15) is 0 Å². The van der Waals surface area contributed by atoms with Crippen molar-refractivity contribution in [1.29, 1.82) is 0 Å². The van der Waals surface area contributed by atoms with E-state index in [-0.39, 0.29) is 0 Å². The van der Waals surface area contributed by atoms with Crippen molar-refractivity contribution in [3.8, 4) is 22.7 Å². The molecular formula is C22H18N6OS. The second-order valence-corrected chi connectivity index (χ2v) is 7.49. The van der Waals surface area contributed by atoms with Gasteiger partial charge in [0.05, 0.1) is 12.5 Å². The number of fused-ring (bicyclic) bond motifs is 1. The van der Waals surface area contributed by atoms with Gasteiger partial charge in [0, 0.05) is 36.1 Å². The smallest absolute Gasteiger partial charge is 0.139 e. The first-order valence-corrected chi connectivity index (χ1v) is 10.2. The quantitative estimate of drug-likeness (QED) is 0.439. The fraction of sp³-hybridized carbons (Fsp3) is 0.0909. The van der Waals surface area contributed by atoms with Crippen LogP contribution in [0.4, 0.5) is 5.82 Å². The number of thiophene rings is 1. The maximum absolute atomic E-state index is 5.27. The Balaban J connectivity index is 1.41. The molecule has 0 saturated carbocycles. The lowest BCUT2D eigenvalue weighted by atomic mass is 10.1. The number of nitrogens with one attached hydrogen (secondary N) is 1. The van der Waals surface area contributed by atoms with Gasteiger partial charge in [-0.2, -0.15) is 0 Å². The minimum Gasteiger partial charge on any atom is -0.497 e. The van der Waals surface area contributed by atoms with E-state index in [0.29, 0.717) is 6.54 Å². The summed E-state index contributed by atoms with van der Waals surface area (Å²) in [5.41, 5.74) is 3.27. The molecule has 5 rings (SSSR count). The Morgan fingerprint density at radius 3 is 2.70 bits per heavy atom. The number of methoxy groups -OCH3 is 1. The molecule has 4 aromatic heterocycles. The Hall–Kier alpha value is -3.78. The molecule has 0 aliphatic rings. The zero-order valence-electron chi connectivity index (χ0n) is 16.2. The Morgan fingerprint density at radius 2 is 1.97 bits per heavy atom. The highest BCUT2D eigenvalue weighted by Crippen LogP contribution is 2.37. The van der Waals surface area contributed by atoms with Gasteiger partial charge < -0.3 is 10.1 Å². The summed E-state index contributed by atoms with van der Waals surface area (Å²) >= 11 is 1.61. The van der Waals surface area contributed by atoms with Crippen LogP contribution in [0.5, 0.6) is 5.75 Å². The molecule has 1 aromatic carbocycles. The molecule has 0 spiro atoms. The SMILES string of the molecule is COc1ccc(-c2csc3ncnc(NCc4ccc(-n5ccnc5)nc4)c23)cc1. The highest BCUT2D eigenvalue weighted by molar-refractivity contribution is 7.17. The van der Waals surface area contributed by atoms with Gasteiger partial charge in [-0.15, -0.1) is 11.3 Å². The molecule has 30 heavy (non-hydrogen) atoms. The molecule has 0 bridgehead atoms. The second kappa shape index (κ2) is 7.92. The van der Waals surface area contributed by atoms with Gasteiger partial charge in [0.2, 0.25) is 0 Å². The van der Waals surface area contributed by atoms with Crippen LogP contribution in [-0.4, -0.2) is 31.6 Å². The van der Waals surface area contributed by atoms with Crippen molar-refractivity contribution in [2.24, 2.45) is 0 Å². The molecule has 0 unspecified atom stereocenters. The Morgan fingerprint density at radius 1 is 1.07 bits per heavy atom. The van der Waals surface area contributed by atoms with E-state index in [4.69, 9.17) is 4.74 Å². The molecule has 0 aliphatic heterocycles. The third-order valence-corrected chi connectivity index (χ3v) is 5.70. The van der Waals surface area contributed by atoms with Crippen molar-refractivity contribution < 1.29 is 4.74 Å². The van der Waals surface area contributed by atoms with E-state index in [1.165, 1.54) is 0 Å². The van der Waals surface area contributed by atoms with Crippen LogP contribution in [0.1, 0.15) is 5.56 Å². The molecule has 0 saturated heterocycles. The minimum atomic E-state index is 0.612. The lowest BCUT2D eigenvalue weighted by Crippen LogP contribution is -2.03. The van der Waals surface area contributed by atoms with Crippen LogP contribution in [-0.2, 0) is 6.54 Å². The summed E-state index contributed by atoms with van der Waals surface area (Å²) in [4.78, 5) is 18.5. The van der Waals surface area contributed by atoms with E-state index >= 15 is 0 Å². The molecule has 0 amide bonds. The van der Waals surface area contributed by atoms with Crippen LogP contribution in [0.15, 0.2) is 73.0 Å². The fourth-order valence-corrected chi connectivity index (χ4v) is 4.16. The zero-order valence-corrected chi connectivity index (χ0v) is 17.0. The first kappa shape index (κ1) is 18.3. The molecule has 7 nitrogen and oxygen atoms in total. The molecule has 1 N–H and O–H groups in total. The molecule has 0 radical (unpaired) electrons. The number of rotatable bonds is 6. The number of aromatic nitrogens is 5. The molecule has 8 heteroatoms. The van der Waals surface area contributed by atoms with Crippen LogP contribution in [0.3, 0.4) is 0 Å². The third-order valence-electron chi connectivity index (χ3n) is 4.81. The Labute approximate surface area is 177 Å². The summed E-state index contributed by atoms with van der Waals surface area (Å²) in [5.74, 6) is 2.48. The van der Waals surface area contributed by atoms with Crippen molar-refractivity contribution in [2.75, 3.05) is 12.4 Å². The third kappa shape index (κ3) is 3.48. The molecule has 148 valence electrons. The number of imidazole rings is 1. The van der Waals surface area contributed by atoms with Crippen LogP contribution in [0.2, 0.25) is 0 Å². The number of hydrogen-bond donors (Lipinski definition) is 1. The molecule has 4 heterocycles. The maximum atomic E-state index is 5.27. The second-order valence-electron chi connectivity index (χ2n) is 6.63. The number of pyridine rings is 1. The Bertz CT molecular complexity index is 1260. The summed E-state index contributed by atoms with van der Waals surface area (Å²) in [7, 11) is 1.67. The first-order chi connectivity index (χ1) is 14.8. The summed E-state index contributed by atoms with van der Waals surface area (Å²) in [6.45, 7) is 0.612. The lowest BCUT2D eigenvalue weighted by molar-refractivity contribution is 0.415. The van der Waals surface area contributed by atoms with Crippen LogP contribution in [0, 0.1) is 0 Å². The highest BCUT2D eigenvalue weighted by Gasteiger charge is 2.13. The monoisotopic (exact) mass is 414 g/mol. The van der Waals surface area contributed by atoms with Crippen molar-refractivity contribution in [3.05, 3.63) is 78.6 Å². The standard InChI is InChI=1S/C22H18N6OS/c1-29-17-5-3-16(4-6-17)18-12-30-22-20(18)21(26-13-27-22)25-11-15-2-7-19(24-10-15)28-9-8-23-14-28/h2-10,12-14H,11H2,1H3,(H,25,26,27). The van der Waals surface area contributed by atoms with E-state index in [2.05, 4.69) is 42.8 Å². The van der Waals surface area contributed by atoms with Gasteiger partial charge in [-0.3, -0.25) is 4.57 Å². The first-order valence-electron chi connectivity index (χ1n) is 9.35. The summed E-state index contributed by atoms with van der Waals surface area (Å²) in [6.07, 6.45) is 8.79. The number of ether oxygens (including phenoxy) is 1. The summed E-state index contributed by atoms with van der Waals surface area (Å²) in [6, 6.07) is 12.0. The Kier molecular flexibility index (Phi) is 4.82. The van der Waals surface area contributed by atoms with Crippen molar-refractivity contribution in [3.63, 3.8) is 0 Å². The molecule has 0 fully saturated rings. The summed E-state index contributed by atoms with van der Waals surface area (Å²) < 4.78 is 7.14. The maximum Gasteiger partial charge on any atom is 0.139 e. The molecule has 0 atom stereocenters. The number of benzene rings is 1. The lowest BCUT2D eigenvalue weighted by Gasteiger charge is -2.09. The van der Waals surface area contributed by atoms with Gasteiger partial charge in [-0.25, -0.2) is 19.9 Å². The van der Waals surface area contributed by atoms with Gasteiger partial charge in [-0.05, 0) is 29.3 Å². The van der Waals surface area contributed by atoms with E-state index in [1.807, 2.05) is 41.2 Å². The van der Waals surface area contributed by atoms with Gasteiger partial charge in [-0.1, -0.05) is 18.2 Å². The molecule has 0 aliphatic carbocycles. The van der Waals surface area contributed by atoms with Crippen LogP contribution >= 0.6 is 11.3 Å².